The molecular formula is C24H21N5O. The van der Waals surface area contributed by atoms with E-state index in [-0.39, 0.29) is 5.92 Å². The van der Waals surface area contributed by atoms with Crippen LogP contribution in [0.4, 0.5) is 23.1 Å². The molecule has 2 aromatic carbocycles. The van der Waals surface area contributed by atoms with Gasteiger partial charge in [-0.3, -0.25) is 0 Å². The van der Waals surface area contributed by atoms with Gasteiger partial charge in [-0.05, 0) is 36.6 Å². The van der Waals surface area contributed by atoms with E-state index < -0.39 is 0 Å². The second kappa shape index (κ2) is 7.88. The summed E-state index contributed by atoms with van der Waals surface area (Å²) in [6, 6.07) is 16.0. The molecule has 2 N–H and O–H groups in total. The van der Waals surface area contributed by atoms with E-state index in [0.29, 0.717) is 30.5 Å². The fourth-order valence-corrected chi connectivity index (χ4v) is 4.05. The molecule has 1 atom stereocenters. The lowest BCUT2D eigenvalue weighted by atomic mass is 9.97. The lowest BCUT2D eigenvalue weighted by molar-refractivity contribution is 0.365. The third kappa shape index (κ3) is 3.46. The van der Waals surface area contributed by atoms with Crippen LogP contribution in [0.5, 0.6) is 5.75 Å². The van der Waals surface area contributed by atoms with E-state index >= 15 is 0 Å². The van der Waals surface area contributed by atoms with Crippen LogP contribution in [0.25, 0.3) is 4.85 Å². The van der Waals surface area contributed by atoms with Crippen LogP contribution in [-0.2, 0) is 6.42 Å². The molecule has 3 aromatic rings. The Morgan fingerprint density at radius 1 is 1.07 bits per heavy atom. The molecule has 0 spiro atoms. The molecule has 0 amide bonds. The quantitative estimate of drug-likeness (QED) is 0.437. The zero-order valence-electron chi connectivity index (χ0n) is 16.4. The molecule has 6 nitrogen and oxygen atoms in total. The van der Waals surface area contributed by atoms with Crippen molar-refractivity contribution in [1.82, 2.24) is 9.97 Å². The van der Waals surface area contributed by atoms with Crippen molar-refractivity contribution in [2.24, 2.45) is 0 Å². The van der Waals surface area contributed by atoms with E-state index in [1.54, 1.807) is 6.07 Å². The highest BCUT2D eigenvalue weighted by atomic mass is 16.5. The van der Waals surface area contributed by atoms with E-state index in [0.717, 1.165) is 30.0 Å². The van der Waals surface area contributed by atoms with Gasteiger partial charge in [-0.2, -0.15) is 4.98 Å². The monoisotopic (exact) mass is 395 g/mol. The molecule has 4 bridgehead atoms. The SMILES string of the molecule is [C-]#[N+]c1ccc2cc1OC/C=C/CNc1nc(nc3c1CCC3c1ccccc1)N2. The predicted octanol–water partition coefficient (Wildman–Crippen LogP) is 5.21. The molecule has 0 radical (unpaired) electrons. The van der Waals surface area contributed by atoms with Crippen LogP contribution in [0, 0.1) is 6.57 Å². The van der Waals surface area contributed by atoms with E-state index in [1.165, 1.54) is 11.1 Å². The van der Waals surface area contributed by atoms with Crippen LogP contribution in [-0.4, -0.2) is 23.1 Å². The van der Waals surface area contributed by atoms with Crippen molar-refractivity contribution in [1.29, 1.82) is 0 Å². The maximum absolute atomic E-state index is 7.36. The zero-order chi connectivity index (χ0) is 20.3. The molecule has 0 saturated heterocycles. The summed E-state index contributed by atoms with van der Waals surface area (Å²) in [5.41, 5.74) is 4.83. The minimum absolute atomic E-state index is 0.264. The molecular weight excluding hydrogens is 374 g/mol. The van der Waals surface area contributed by atoms with Crippen molar-refractivity contribution in [2.45, 2.75) is 18.8 Å². The Morgan fingerprint density at radius 3 is 2.83 bits per heavy atom. The summed E-state index contributed by atoms with van der Waals surface area (Å²) in [6.07, 6.45) is 5.95. The second-order valence-corrected chi connectivity index (χ2v) is 7.34. The average molecular weight is 395 g/mol. The Hall–Kier alpha value is -3.85. The Bertz CT molecular complexity index is 1150. The normalized spacial score (nSPS) is 18.2. The number of benzene rings is 2. The molecule has 2 aliphatic rings. The van der Waals surface area contributed by atoms with Gasteiger partial charge in [0.15, 0.2) is 0 Å². The molecule has 6 heteroatoms. The maximum atomic E-state index is 7.36. The van der Waals surface area contributed by atoms with Crippen molar-refractivity contribution in [3.63, 3.8) is 0 Å². The van der Waals surface area contributed by atoms with Gasteiger partial charge in [-0.1, -0.05) is 42.5 Å². The van der Waals surface area contributed by atoms with Crippen LogP contribution >= 0.6 is 0 Å². The summed E-state index contributed by atoms with van der Waals surface area (Å²) >= 11 is 0. The van der Waals surface area contributed by atoms with Gasteiger partial charge in [0.2, 0.25) is 11.6 Å². The van der Waals surface area contributed by atoms with Gasteiger partial charge in [-0.25, -0.2) is 9.83 Å². The fraction of sp³-hybridized carbons (Fsp3) is 0.208. The van der Waals surface area contributed by atoms with E-state index in [1.807, 2.05) is 30.4 Å². The van der Waals surface area contributed by atoms with Crippen molar-refractivity contribution >= 4 is 23.1 Å². The number of nitrogens with zero attached hydrogens (tertiary/aromatic N) is 3. The summed E-state index contributed by atoms with van der Waals surface area (Å²) in [6.45, 7) is 8.42. The average Bonchev–Trinajstić information content (AvgIpc) is 3.20. The van der Waals surface area contributed by atoms with Crippen LogP contribution < -0.4 is 15.4 Å². The van der Waals surface area contributed by atoms with Crippen LogP contribution in [0.1, 0.15) is 29.2 Å². The minimum atomic E-state index is 0.264. The molecule has 1 aliphatic carbocycles. The van der Waals surface area contributed by atoms with Crippen molar-refractivity contribution in [3.8, 4) is 5.75 Å². The zero-order valence-corrected chi connectivity index (χ0v) is 16.4. The summed E-state index contributed by atoms with van der Waals surface area (Å²) in [5.74, 6) is 2.24. The fourth-order valence-electron chi connectivity index (χ4n) is 4.05. The first-order chi connectivity index (χ1) is 14.8. The van der Waals surface area contributed by atoms with Crippen molar-refractivity contribution in [2.75, 3.05) is 23.8 Å². The number of hydrogen-bond acceptors (Lipinski definition) is 5. The summed E-state index contributed by atoms with van der Waals surface area (Å²) in [7, 11) is 0. The lowest BCUT2D eigenvalue weighted by Gasteiger charge is -2.15. The van der Waals surface area contributed by atoms with Gasteiger partial charge in [0, 0.05) is 23.7 Å². The topological polar surface area (TPSA) is 63.4 Å². The molecule has 0 saturated carbocycles. The minimum Gasteiger partial charge on any atom is -0.500 e. The molecule has 1 aliphatic heterocycles. The largest absolute Gasteiger partial charge is 0.500 e. The lowest BCUT2D eigenvalue weighted by Crippen LogP contribution is -2.10. The molecule has 1 unspecified atom stereocenters. The number of aromatic nitrogens is 2. The van der Waals surface area contributed by atoms with Crippen molar-refractivity contribution < 1.29 is 4.74 Å². The Kier molecular flexibility index (Phi) is 4.78. The first-order valence-corrected chi connectivity index (χ1v) is 10.1. The van der Waals surface area contributed by atoms with Gasteiger partial charge in [0.1, 0.15) is 18.2 Å². The van der Waals surface area contributed by atoms with E-state index in [9.17, 15) is 0 Å². The second-order valence-electron chi connectivity index (χ2n) is 7.34. The Morgan fingerprint density at radius 2 is 1.97 bits per heavy atom. The third-order valence-electron chi connectivity index (χ3n) is 5.48. The van der Waals surface area contributed by atoms with Crippen molar-refractivity contribution in [3.05, 3.63) is 88.9 Å². The number of anilines is 3. The number of fused-ring (bicyclic) bond motifs is 6. The highest BCUT2D eigenvalue weighted by Crippen LogP contribution is 2.40. The smallest absolute Gasteiger partial charge is 0.229 e. The van der Waals surface area contributed by atoms with Gasteiger partial charge < -0.3 is 15.4 Å². The van der Waals surface area contributed by atoms with Gasteiger partial charge in [-0.15, -0.1) is 0 Å². The molecule has 148 valence electrons. The molecule has 2 heterocycles. The molecule has 0 fully saturated rings. The predicted molar refractivity (Wildman–Crippen MR) is 118 cm³/mol. The number of rotatable bonds is 1. The first kappa shape index (κ1) is 18.2. The van der Waals surface area contributed by atoms with E-state index in [2.05, 4.69) is 39.7 Å². The van der Waals surface area contributed by atoms with Gasteiger partial charge >= 0.3 is 0 Å². The van der Waals surface area contributed by atoms with E-state index in [4.69, 9.17) is 21.3 Å². The third-order valence-corrected chi connectivity index (χ3v) is 5.48. The highest BCUT2D eigenvalue weighted by Gasteiger charge is 2.29. The number of ether oxygens (including phenoxy) is 1. The number of hydrogen-bond donors (Lipinski definition) is 2. The Labute approximate surface area is 175 Å². The van der Waals surface area contributed by atoms with Crippen LogP contribution in [0.2, 0.25) is 0 Å². The molecule has 30 heavy (non-hydrogen) atoms. The maximum Gasteiger partial charge on any atom is 0.229 e. The summed E-state index contributed by atoms with van der Waals surface area (Å²) in [5, 5.41) is 6.75. The standard InChI is InChI=1S/C24H21N5O/c1-25-20-12-9-17-15-21(20)30-14-6-5-13-26-23-19-11-10-18(16-7-3-2-4-8-16)22(19)28-24(27-17)29-23/h2-9,12,15,18H,10-11,13-14H2,(H2,26,27,28,29)/b6-5+. The summed E-state index contributed by atoms with van der Waals surface area (Å²) < 4.78 is 5.79. The highest BCUT2D eigenvalue weighted by molar-refractivity contribution is 5.68. The molecule has 5 rings (SSSR count). The van der Waals surface area contributed by atoms with Gasteiger partial charge in [0.25, 0.3) is 0 Å². The van der Waals surface area contributed by atoms with Gasteiger partial charge in [0.05, 0.1) is 12.3 Å². The molecule has 1 aromatic heterocycles. The first-order valence-electron chi connectivity index (χ1n) is 10.1. The summed E-state index contributed by atoms with van der Waals surface area (Å²) in [4.78, 5) is 13.2. The Balaban J connectivity index is 1.59. The number of nitrogens with one attached hydrogen (secondary N) is 2. The van der Waals surface area contributed by atoms with Crippen LogP contribution in [0.3, 0.4) is 0 Å². The van der Waals surface area contributed by atoms with Crippen LogP contribution in [0.15, 0.2) is 60.7 Å².